The van der Waals surface area contributed by atoms with Crippen molar-refractivity contribution >= 4 is 15.9 Å². The number of rotatable bonds is 7. The van der Waals surface area contributed by atoms with Gasteiger partial charge in [-0.2, -0.15) is 0 Å². The number of likely N-dealkylation sites (N-methyl/N-ethyl adjacent to an activating group) is 1. The van der Waals surface area contributed by atoms with Gasteiger partial charge in [-0.3, -0.25) is 0 Å². The van der Waals surface area contributed by atoms with Crippen LogP contribution in [0.1, 0.15) is 18.9 Å². The van der Waals surface area contributed by atoms with Crippen molar-refractivity contribution < 1.29 is 4.74 Å². The summed E-state index contributed by atoms with van der Waals surface area (Å²) < 4.78 is 6.38. The van der Waals surface area contributed by atoms with Gasteiger partial charge in [0.1, 0.15) is 0 Å². The highest BCUT2D eigenvalue weighted by atomic mass is 79.9. The maximum absolute atomic E-state index is 5.19. The highest BCUT2D eigenvalue weighted by molar-refractivity contribution is 9.10. The van der Waals surface area contributed by atoms with Crippen molar-refractivity contribution in [3.63, 3.8) is 0 Å². The SMILES string of the molecule is CNC(Cc1ccccc1Br)CC(C)COC. The number of ether oxygens (including phenoxy) is 1. The van der Waals surface area contributed by atoms with Crippen molar-refractivity contribution in [3.8, 4) is 0 Å². The molecule has 0 aliphatic rings. The van der Waals surface area contributed by atoms with Gasteiger partial charge in [0, 0.05) is 24.2 Å². The summed E-state index contributed by atoms with van der Waals surface area (Å²) in [6, 6.07) is 8.91. The van der Waals surface area contributed by atoms with E-state index in [0.29, 0.717) is 12.0 Å². The summed E-state index contributed by atoms with van der Waals surface area (Å²) in [7, 11) is 3.79. The molecule has 17 heavy (non-hydrogen) atoms. The van der Waals surface area contributed by atoms with Crippen LogP contribution in [0, 0.1) is 5.92 Å². The molecular weight excluding hydrogens is 278 g/mol. The summed E-state index contributed by atoms with van der Waals surface area (Å²) in [6.45, 7) is 3.06. The molecule has 0 aliphatic carbocycles. The molecule has 0 aliphatic heterocycles. The van der Waals surface area contributed by atoms with Gasteiger partial charge in [0.25, 0.3) is 0 Å². The first-order valence-corrected chi connectivity index (χ1v) is 6.86. The van der Waals surface area contributed by atoms with E-state index in [2.05, 4.69) is 52.4 Å². The lowest BCUT2D eigenvalue weighted by Crippen LogP contribution is -2.30. The van der Waals surface area contributed by atoms with Crippen LogP contribution in [-0.2, 0) is 11.2 Å². The van der Waals surface area contributed by atoms with E-state index in [1.54, 1.807) is 7.11 Å². The predicted octanol–water partition coefficient (Wildman–Crippen LogP) is 3.25. The monoisotopic (exact) mass is 299 g/mol. The minimum atomic E-state index is 0.499. The molecule has 0 radical (unpaired) electrons. The number of halogens is 1. The summed E-state index contributed by atoms with van der Waals surface area (Å²) >= 11 is 3.60. The number of hydrogen-bond donors (Lipinski definition) is 1. The van der Waals surface area contributed by atoms with Crippen molar-refractivity contribution in [2.45, 2.75) is 25.8 Å². The van der Waals surface area contributed by atoms with E-state index < -0.39 is 0 Å². The second-order valence-corrected chi connectivity index (χ2v) is 5.43. The highest BCUT2D eigenvalue weighted by Gasteiger charge is 2.13. The van der Waals surface area contributed by atoms with Crippen LogP contribution < -0.4 is 5.32 Å². The average Bonchev–Trinajstić information content (AvgIpc) is 2.31. The molecule has 0 saturated heterocycles. The summed E-state index contributed by atoms with van der Waals surface area (Å²) in [4.78, 5) is 0. The molecule has 2 nitrogen and oxygen atoms in total. The van der Waals surface area contributed by atoms with Crippen LogP contribution >= 0.6 is 15.9 Å². The van der Waals surface area contributed by atoms with E-state index >= 15 is 0 Å². The fourth-order valence-electron chi connectivity index (χ4n) is 2.07. The number of methoxy groups -OCH3 is 1. The molecule has 0 heterocycles. The van der Waals surface area contributed by atoms with Crippen molar-refractivity contribution in [1.82, 2.24) is 5.32 Å². The van der Waals surface area contributed by atoms with Crippen molar-refractivity contribution in [1.29, 1.82) is 0 Å². The van der Waals surface area contributed by atoms with Crippen molar-refractivity contribution in [3.05, 3.63) is 34.3 Å². The van der Waals surface area contributed by atoms with Crippen LogP contribution in [0.2, 0.25) is 0 Å². The number of benzene rings is 1. The number of hydrogen-bond acceptors (Lipinski definition) is 2. The van der Waals surface area contributed by atoms with Gasteiger partial charge in [0.2, 0.25) is 0 Å². The minimum Gasteiger partial charge on any atom is -0.384 e. The summed E-state index contributed by atoms with van der Waals surface area (Å²) in [5, 5.41) is 3.39. The minimum absolute atomic E-state index is 0.499. The third-order valence-corrected chi connectivity index (χ3v) is 3.74. The smallest absolute Gasteiger partial charge is 0.0488 e. The molecule has 0 saturated carbocycles. The van der Waals surface area contributed by atoms with Crippen LogP contribution in [-0.4, -0.2) is 26.8 Å². The Hall–Kier alpha value is -0.380. The van der Waals surface area contributed by atoms with Crippen LogP contribution in [0.4, 0.5) is 0 Å². The fourth-order valence-corrected chi connectivity index (χ4v) is 2.52. The van der Waals surface area contributed by atoms with E-state index in [1.165, 1.54) is 10.0 Å². The Morgan fingerprint density at radius 1 is 1.35 bits per heavy atom. The molecule has 0 amide bonds. The Kier molecular flexibility index (Phi) is 6.78. The molecule has 1 rings (SSSR count). The molecule has 0 bridgehead atoms. The maximum Gasteiger partial charge on any atom is 0.0488 e. The van der Waals surface area contributed by atoms with Crippen molar-refractivity contribution in [2.24, 2.45) is 5.92 Å². The van der Waals surface area contributed by atoms with Crippen molar-refractivity contribution in [2.75, 3.05) is 20.8 Å². The highest BCUT2D eigenvalue weighted by Crippen LogP contribution is 2.19. The average molecular weight is 300 g/mol. The third-order valence-electron chi connectivity index (χ3n) is 2.97. The van der Waals surface area contributed by atoms with Gasteiger partial charge in [0.15, 0.2) is 0 Å². The summed E-state index contributed by atoms with van der Waals surface area (Å²) in [6.07, 6.45) is 2.18. The van der Waals surface area contributed by atoms with E-state index in [1.807, 2.05) is 7.05 Å². The first kappa shape index (κ1) is 14.7. The zero-order valence-corrected chi connectivity index (χ0v) is 12.5. The van der Waals surface area contributed by atoms with Gasteiger partial charge < -0.3 is 10.1 Å². The van der Waals surface area contributed by atoms with Crippen LogP contribution in [0.15, 0.2) is 28.7 Å². The summed E-state index contributed by atoms with van der Waals surface area (Å²) in [5.74, 6) is 0.583. The van der Waals surface area contributed by atoms with E-state index in [0.717, 1.165) is 19.4 Å². The molecule has 0 aromatic heterocycles. The lowest BCUT2D eigenvalue weighted by atomic mass is 9.97. The quantitative estimate of drug-likeness (QED) is 0.834. The van der Waals surface area contributed by atoms with Crippen LogP contribution in [0.25, 0.3) is 0 Å². The molecule has 3 heteroatoms. The normalized spacial score (nSPS) is 14.6. The Labute approximate surface area is 113 Å². The molecule has 1 aromatic carbocycles. The second-order valence-electron chi connectivity index (χ2n) is 4.58. The lowest BCUT2D eigenvalue weighted by molar-refractivity contribution is 0.150. The molecule has 2 unspecified atom stereocenters. The van der Waals surface area contributed by atoms with E-state index in [4.69, 9.17) is 4.74 Å². The molecule has 0 spiro atoms. The Morgan fingerprint density at radius 2 is 2.06 bits per heavy atom. The Morgan fingerprint density at radius 3 is 2.65 bits per heavy atom. The van der Waals surface area contributed by atoms with Gasteiger partial charge in [-0.25, -0.2) is 0 Å². The first-order valence-electron chi connectivity index (χ1n) is 6.07. The van der Waals surface area contributed by atoms with E-state index in [-0.39, 0.29) is 0 Å². The Balaban J connectivity index is 2.55. The zero-order valence-electron chi connectivity index (χ0n) is 10.9. The molecule has 96 valence electrons. The van der Waals surface area contributed by atoms with Gasteiger partial charge in [0.05, 0.1) is 0 Å². The van der Waals surface area contributed by atoms with Gasteiger partial charge in [-0.05, 0) is 37.4 Å². The third kappa shape index (κ3) is 5.19. The lowest BCUT2D eigenvalue weighted by Gasteiger charge is -2.20. The predicted molar refractivity (Wildman–Crippen MR) is 76.4 cm³/mol. The van der Waals surface area contributed by atoms with Gasteiger partial charge >= 0.3 is 0 Å². The van der Waals surface area contributed by atoms with Gasteiger partial charge in [-0.15, -0.1) is 0 Å². The standard InChI is InChI=1S/C14H22BrNO/c1-11(10-17-3)8-13(16-2)9-12-6-4-5-7-14(12)15/h4-7,11,13,16H,8-10H2,1-3H3. The fraction of sp³-hybridized carbons (Fsp3) is 0.571. The second kappa shape index (κ2) is 7.85. The van der Waals surface area contributed by atoms with Crippen LogP contribution in [0.3, 0.4) is 0 Å². The van der Waals surface area contributed by atoms with Gasteiger partial charge in [-0.1, -0.05) is 41.1 Å². The Bertz CT molecular complexity index is 330. The van der Waals surface area contributed by atoms with Crippen LogP contribution in [0.5, 0.6) is 0 Å². The zero-order chi connectivity index (χ0) is 12.7. The first-order chi connectivity index (χ1) is 8.17. The molecule has 2 atom stereocenters. The largest absolute Gasteiger partial charge is 0.384 e. The molecule has 0 fully saturated rings. The topological polar surface area (TPSA) is 21.3 Å². The molecule has 1 N–H and O–H groups in total. The molecule has 1 aromatic rings. The molecular formula is C14H22BrNO. The number of nitrogens with one attached hydrogen (secondary N) is 1. The maximum atomic E-state index is 5.19. The van der Waals surface area contributed by atoms with E-state index in [9.17, 15) is 0 Å². The summed E-state index contributed by atoms with van der Waals surface area (Å²) in [5.41, 5.74) is 1.36.